The molecule has 2 rings (SSSR count). The minimum atomic E-state index is -0.108. The van der Waals surface area contributed by atoms with Crippen LogP contribution in [0, 0.1) is 0 Å². The van der Waals surface area contributed by atoms with E-state index in [0.29, 0.717) is 16.1 Å². The lowest BCUT2D eigenvalue weighted by Gasteiger charge is -2.15. The first kappa shape index (κ1) is 14.7. The first-order chi connectivity index (χ1) is 9.61. The van der Waals surface area contributed by atoms with E-state index in [2.05, 4.69) is 12.2 Å². The number of thiophene rings is 1. The van der Waals surface area contributed by atoms with E-state index in [1.54, 1.807) is 35.6 Å². The molecule has 0 fully saturated rings. The van der Waals surface area contributed by atoms with Crippen LogP contribution in [0.25, 0.3) is 0 Å². The summed E-state index contributed by atoms with van der Waals surface area (Å²) in [5.41, 5.74) is 6.87. The van der Waals surface area contributed by atoms with Gasteiger partial charge in [-0.1, -0.05) is 37.3 Å². The van der Waals surface area contributed by atoms with Gasteiger partial charge >= 0.3 is 0 Å². The number of amides is 1. The van der Waals surface area contributed by atoms with Gasteiger partial charge in [0, 0.05) is 16.0 Å². The number of rotatable bonds is 5. The summed E-state index contributed by atoms with van der Waals surface area (Å²) in [5.74, 6) is -0.108. The van der Waals surface area contributed by atoms with Gasteiger partial charge in [0.1, 0.15) is 4.99 Å². The Morgan fingerprint density at radius 3 is 2.70 bits per heavy atom. The highest BCUT2D eigenvalue weighted by Gasteiger charge is 2.15. The van der Waals surface area contributed by atoms with Crippen LogP contribution in [0.3, 0.4) is 0 Å². The number of hydrogen-bond donors (Lipinski definition) is 2. The number of nitrogens with two attached hydrogens (primary N) is 1. The highest BCUT2D eigenvalue weighted by Crippen LogP contribution is 2.22. The third-order valence-electron chi connectivity index (χ3n) is 3.01. The molecule has 1 aromatic heterocycles. The van der Waals surface area contributed by atoms with Crippen molar-refractivity contribution in [3.05, 3.63) is 57.8 Å². The quantitative estimate of drug-likeness (QED) is 0.834. The second-order valence-corrected chi connectivity index (χ2v) is 5.81. The van der Waals surface area contributed by atoms with Crippen molar-refractivity contribution in [2.75, 3.05) is 0 Å². The van der Waals surface area contributed by atoms with E-state index >= 15 is 0 Å². The van der Waals surface area contributed by atoms with Gasteiger partial charge in [-0.25, -0.2) is 0 Å². The summed E-state index contributed by atoms with van der Waals surface area (Å²) in [7, 11) is 0. The molecule has 3 N–H and O–H groups in total. The SMILES string of the molecule is CCC(NC(=O)c1cccc(C(N)=S)c1)c1cccs1. The van der Waals surface area contributed by atoms with E-state index in [-0.39, 0.29) is 11.9 Å². The molecule has 20 heavy (non-hydrogen) atoms. The second kappa shape index (κ2) is 6.63. The van der Waals surface area contributed by atoms with Gasteiger partial charge in [0.25, 0.3) is 5.91 Å². The van der Waals surface area contributed by atoms with Crippen LogP contribution < -0.4 is 11.1 Å². The predicted octanol–water partition coefficient (Wildman–Crippen LogP) is 3.26. The summed E-state index contributed by atoms with van der Waals surface area (Å²) in [6.45, 7) is 2.05. The summed E-state index contributed by atoms with van der Waals surface area (Å²) in [5, 5.41) is 5.05. The van der Waals surface area contributed by atoms with Crippen molar-refractivity contribution < 1.29 is 4.79 Å². The molecule has 0 aliphatic rings. The molecule has 0 radical (unpaired) electrons. The van der Waals surface area contributed by atoms with Crippen molar-refractivity contribution in [1.29, 1.82) is 0 Å². The fourth-order valence-corrected chi connectivity index (χ4v) is 2.91. The first-order valence-electron chi connectivity index (χ1n) is 6.36. The fraction of sp³-hybridized carbons (Fsp3) is 0.200. The maximum absolute atomic E-state index is 12.3. The molecule has 0 aliphatic carbocycles. The van der Waals surface area contributed by atoms with E-state index in [9.17, 15) is 4.79 Å². The number of carbonyl (C=O) groups excluding carboxylic acids is 1. The van der Waals surface area contributed by atoms with Crippen molar-refractivity contribution in [3.63, 3.8) is 0 Å². The van der Waals surface area contributed by atoms with Crippen LogP contribution in [0.5, 0.6) is 0 Å². The van der Waals surface area contributed by atoms with Crippen molar-refractivity contribution in [1.82, 2.24) is 5.32 Å². The van der Waals surface area contributed by atoms with Gasteiger partial charge in [-0.3, -0.25) is 4.79 Å². The fourth-order valence-electron chi connectivity index (χ4n) is 1.92. The summed E-state index contributed by atoms with van der Waals surface area (Å²) in [4.78, 5) is 13.7. The second-order valence-electron chi connectivity index (χ2n) is 4.39. The third-order valence-corrected chi connectivity index (χ3v) is 4.23. The Bertz CT molecular complexity index is 608. The first-order valence-corrected chi connectivity index (χ1v) is 7.64. The van der Waals surface area contributed by atoms with Crippen LogP contribution >= 0.6 is 23.6 Å². The van der Waals surface area contributed by atoms with Crippen LogP contribution in [0.15, 0.2) is 41.8 Å². The Morgan fingerprint density at radius 2 is 2.10 bits per heavy atom. The minimum Gasteiger partial charge on any atom is -0.389 e. The molecule has 1 heterocycles. The molecule has 0 saturated carbocycles. The van der Waals surface area contributed by atoms with Crippen LogP contribution in [-0.4, -0.2) is 10.9 Å². The molecule has 5 heteroatoms. The topological polar surface area (TPSA) is 55.1 Å². The molecular weight excluding hydrogens is 288 g/mol. The smallest absolute Gasteiger partial charge is 0.251 e. The van der Waals surface area contributed by atoms with Gasteiger partial charge in [0.15, 0.2) is 0 Å². The lowest BCUT2D eigenvalue weighted by atomic mass is 10.1. The van der Waals surface area contributed by atoms with E-state index < -0.39 is 0 Å². The Kier molecular flexibility index (Phi) is 4.87. The third kappa shape index (κ3) is 3.43. The Hall–Kier alpha value is -1.72. The zero-order valence-corrected chi connectivity index (χ0v) is 12.8. The Labute approximate surface area is 127 Å². The minimum absolute atomic E-state index is 0.0379. The van der Waals surface area contributed by atoms with Crippen molar-refractivity contribution >= 4 is 34.5 Å². The van der Waals surface area contributed by atoms with E-state index in [4.69, 9.17) is 18.0 Å². The standard InChI is InChI=1S/C15H16N2OS2/c1-2-12(13-7-4-8-20-13)17-15(18)11-6-3-5-10(9-11)14(16)19/h3-9,12H,2H2,1H3,(H2,16,19)(H,17,18). The van der Waals surface area contributed by atoms with Gasteiger partial charge in [-0.15, -0.1) is 11.3 Å². The van der Waals surface area contributed by atoms with Gasteiger partial charge < -0.3 is 11.1 Å². The van der Waals surface area contributed by atoms with Crippen molar-refractivity contribution in [2.45, 2.75) is 19.4 Å². The largest absolute Gasteiger partial charge is 0.389 e. The molecule has 0 aliphatic heterocycles. The Balaban J connectivity index is 2.15. The predicted molar refractivity (Wildman–Crippen MR) is 87.1 cm³/mol. The number of carbonyl (C=O) groups is 1. The van der Waals surface area contributed by atoms with Crippen molar-refractivity contribution in [2.24, 2.45) is 5.73 Å². The molecule has 0 saturated heterocycles. The molecular formula is C15H16N2OS2. The summed E-state index contributed by atoms with van der Waals surface area (Å²) in [6, 6.07) is 11.1. The zero-order chi connectivity index (χ0) is 14.5. The zero-order valence-electron chi connectivity index (χ0n) is 11.1. The Morgan fingerprint density at radius 1 is 1.35 bits per heavy atom. The molecule has 0 bridgehead atoms. The van der Waals surface area contributed by atoms with E-state index in [1.165, 1.54) is 0 Å². The molecule has 2 aromatic rings. The highest BCUT2D eigenvalue weighted by atomic mass is 32.1. The van der Waals surface area contributed by atoms with Crippen LogP contribution in [-0.2, 0) is 0 Å². The van der Waals surface area contributed by atoms with Gasteiger partial charge in [0.05, 0.1) is 6.04 Å². The molecule has 0 spiro atoms. The summed E-state index contributed by atoms with van der Waals surface area (Å²) >= 11 is 6.58. The van der Waals surface area contributed by atoms with Crippen LogP contribution in [0.4, 0.5) is 0 Å². The van der Waals surface area contributed by atoms with Crippen LogP contribution in [0.2, 0.25) is 0 Å². The maximum Gasteiger partial charge on any atom is 0.251 e. The average Bonchev–Trinajstić information content (AvgIpc) is 2.98. The van der Waals surface area contributed by atoms with Gasteiger partial charge in [0.2, 0.25) is 0 Å². The monoisotopic (exact) mass is 304 g/mol. The number of nitrogens with one attached hydrogen (secondary N) is 1. The molecule has 1 aromatic carbocycles. The normalized spacial score (nSPS) is 11.8. The summed E-state index contributed by atoms with van der Waals surface area (Å²) < 4.78 is 0. The molecule has 3 nitrogen and oxygen atoms in total. The molecule has 1 atom stereocenters. The molecule has 104 valence electrons. The van der Waals surface area contributed by atoms with Gasteiger partial charge in [-0.05, 0) is 30.0 Å². The number of benzene rings is 1. The number of thiocarbonyl (C=S) groups is 1. The lowest BCUT2D eigenvalue weighted by Crippen LogP contribution is -2.27. The average molecular weight is 304 g/mol. The molecule has 1 amide bonds. The van der Waals surface area contributed by atoms with E-state index in [0.717, 1.165) is 11.3 Å². The van der Waals surface area contributed by atoms with Crippen molar-refractivity contribution in [3.8, 4) is 0 Å². The van der Waals surface area contributed by atoms with E-state index in [1.807, 2.05) is 17.5 Å². The number of hydrogen-bond acceptors (Lipinski definition) is 3. The summed E-state index contributed by atoms with van der Waals surface area (Å²) in [6.07, 6.45) is 0.848. The highest BCUT2D eigenvalue weighted by molar-refractivity contribution is 7.80. The van der Waals surface area contributed by atoms with Crippen LogP contribution in [0.1, 0.15) is 40.2 Å². The van der Waals surface area contributed by atoms with Gasteiger partial charge in [-0.2, -0.15) is 0 Å². The molecule has 1 unspecified atom stereocenters. The maximum atomic E-state index is 12.3. The lowest BCUT2D eigenvalue weighted by molar-refractivity contribution is 0.0936.